The lowest BCUT2D eigenvalue weighted by Gasteiger charge is -2.37. The van der Waals surface area contributed by atoms with Crippen LogP contribution < -0.4 is 14.8 Å². The predicted molar refractivity (Wildman–Crippen MR) is 91.0 cm³/mol. The van der Waals surface area contributed by atoms with Crippen molar-refractivity contribution in [1.82, 2.24) is 4.90 Å². The zero-order valence-electron chi connectivity index (χ0n) is 14.3. The third-order valence-corrected chi connectivity index (χ3v) is 4.90. The Labute approximate surface area is 147 Å². The summed E-state index contributed by atoms with van der Waals surface area (Å²) in [5.41, 5.74) is 0.933. The standard InChI is InChI=1S/C18H24N2O5/c21-17(20-7-4-18(5-8-20)24-11-12-25-18)3-6-19-14-1-2-15-16(13-14)23-10-9-22-15/h1-2,13,19H,3-12H2. The maximum atomic E-state index is 12.4. The van der Waals surface area contributed by atoms with Crippen LogP contribution in [0.5, 0.6) is 11.5 Å². The highest BCUT2D eigenvalue weighted by Crippen LogP contribution is 2.33. The van der Waals surface area contributed by atoms with E-state index in [9.17, 15) is 4.79 Å². The summed E-state index contributed by atoms with van der Waals surface area (Å²) in [5.74, 6) is 1.25. The molecule has 3 heterocycles. The molecule has 0 atom stereocenters. The Bertz CT molecular complexity index is 620. The fourth-order valence-corrected chi connectivity index (χ4v) is 3.51. The van der Waals surface area contributed by atoms with Gasteiger partial charge in [0, 0.05) is 50.7 Å². The number of rotatable bonds is 4. The Morgan fingerprint density at radius 1 is 1.04 bits per heavy atom. The fraction of sp³-hybridized carbons (Fsp3) is 0.611. The van der Waals surface area contributed by atoms with Gasteiger partial charge in [-0.3, -0.25) is 4.79 Å². The van der Waals surface area contributed by atoms with Crippen molar-refractivity contribution in [2.75, 3.05) is 51.4 Å². The van der Waals surface area contributed by atoms with Crippen LogP contribution in [-0.4, -0.2) is 62.7 Å². The van der Waals surface area contributed by atoms with Gasteiger partial charge in [-0.1, -0.05) is 0 Å². The molecule has 1 aromatic rings. The number of ether oxygens (including phenoxy) is 4. The number of carbonyl (C=O) groups excluding carboxylic acids is 1. The van der Waals surface area contributed by atoms with Crippen LogP contribution in [0, 0.1) is 0 Å². The summed E-state index contributed by atoms with van der Waals surface area (Å²) in [6.07, 6.45) is 1.98. The Morgan fingerprint density at radius 2 is 1.76 bits per heavy atom. The molecule has 0 aliphatic carbocycles. The number of hydrogen-bond acceptors (Lipinski definition) is 6. The quantitative estimate of drug-likeness (QED) is 0.892. The highest BCUT2D eigenvalue weighted by Gasteiger charge is 2.40. The molecule has 7 nitrogen and oxygen atoms in total. The number of fused-ring (bicyclic) bond motifs is 1. The molecule has 136 valence electrons. The average molecular weight is 348 g/mol. The number of hydrogen-bond donors (Lipinski definition) is 1. The van der Waals surface area contributed by atoms with E-state index in [0.717, 1.165) is 30.0 Å². The van der Waals surface area contributed by atoms with Crippen molar-refractivity contribution in [3.8, 4) is 11.5 Å². The van der Waals surface area contributed by atoms with Crippen molar-refractivity contribution in [1.29, 1.82) is 0 Å². The highest BCUT2D eigenvalue weighted by atomic mass is 16.7. The summed E-state index contributed by atoms with van der Waals surface area (Å²) in [7, 11) is 0. The lowest BCUT2D eigenvalue weighted by molar-refractivity contribution is -0.187. The molecule has 1 N–H and O–H groups in total. The van der Waals surface area contributed by atoms with Crippen LogP contribution in [-0.2, 0) is 14.3 Å². The molecule has 1 spiro atoms. The summed E-state index contributed by atoms with van der Waals surface area (Å²) in [5, 5.41) is 3.28. The molecule has 1 amide bonds. The van der Waals surface area contributed by atoms with E-state index in [-0.39, 0.29) is 5.91 Å². The lowest BCUT2D eigenvalue weighted by Crippen LogP contribution is -2.47. The summed E-state index contributed by atoms with van der Waals surface area (Å²) < 4.78 is 22.5. The van der Waals surface area contributed by atoms with Crippen molar-refractivity contribution in [3.05, 3.63) is 18.2 Å². The highest BCUT2D eigenvalue weighted by molar-refractivity contribution is 5.77. The fourth-order valence-electron chi connectivity index (χ4n) is 3.51. The van der Waals surface area contributed by atoms with Gasteiger partial charge in [-0.15, -0.1) is 0 Å². The third kappa shape index (κ3) is 3.67. The second kappa shape index (κ2) is 7.09. The maximum Gasteiger partial charge on any atom is 0.224 e. The number of benzene rings is 1. The predicted octanol–water partition coefficient (Wildman–Crippen LogP) is 1.63. The summed E-state index contributed by atoms with van der Waals surface area (Å²) in [6.45, 7) is 4.46. The third-order valence-electron chi connectivity index (χ3n) is 4.90. The second-order valence-electron chi connectivity index (χ2n) is 6.52. The van der Waals surface area contributed by atoms with Crippen LogP contribution in [0.2, 0.25) is 0 Å². The van der Waals surface area contributed by atoms with E-state index in [1.807, 2.05) is 23.1 Å². The normalized spacial score (nSPS) is 21.4. The maximum absolute atomic E-state index is 12.4. The van der Waals surface area contributed by atoms with Crippen molar-refractivity contribution in [2.45, 2.75) is 25.0 Å². The van der Waals surface area contributed by atoms with Crippen molar-refractivity contribution >= 4 is 11.6 Å². The first-order chi connectivity index (χ1) is 12.2. The Morgan fingerprint density at radius 3 is 2.52 bits per heavy atom. The molecule has 25 heavy (non-hydrogen) atoms. The van der Waals surface area contributed by atoms with E-state index in [0.29, 0.717) is 52.5 Å². The topological polar surface area (TPSA) is 69.3 Å². The molecule has 7 heteroatoms. The summed E-state index contributed by atoms with van der Waals surface area (Å²) >= 11 is 0. The molecule has 0 aromatic heterocycles. The minimum absolute atomic E-state index is 0.165. The zero-order chi connectivity index (χ0) is 17.1. The SMILES string of the molecule is O=C(CCNc1ccc2c(c1)OCCO2)N1CCC2(CC1)OCCO2. The van der Waals surface area contributed by atoms with E-state index in [2.05, 4.69) is 5.32 Å². The van der Waals surface area contributed by atoms with E-state index in [1.54, 1.807) is 0 Å². The van der Waals surface area contributed by atoms with Gasteiger partial charge >= 0.3 is 0 Å². The van der Waals surface area contributed by atoms with Crippen LogP contribution in [0.15, 0.2) is 18.2 Å². The number of carbonyl (C=O) groups is 1. The molecule has 0 unspecified atom stereocenters. The first-order valence-corrected chi connectivity index (χ1v) is 8.93. The van der Waals surface area contributed by atoms with Gasteiger partial charge in [0.05, 0.1) is 13.2 Å². The van der Waals surface area contributed by atoms with Crippen molar-refractivity contribution in [2.24, 2.45) is 0 Å². The number of likely N-dealkylation sites (tertiary alicyclic amines) is 1. The molecule has 2 saturated heterocycles. The molecule has 1 aromatic carbocycles. The molecule has 0 radical (unpaired) electrons. The van der Waals surface area contributed by atoms with Crippen LogP contribution >= 0.6 is 0 Å². The molecule has 2 fully saturated rings. The molecule has 0 saturated carbocycles. The van der Waals surface area contributed by atoms with Crippen molar-refractivity contribution < 1.29 is 23.7 Å². The Balaban J connectivity index is 1.23. The Kier molecular flexibility index (Phi) is 4.67. The first kappa shape index (κ1) is 16.5. The van der Waals surface area contributed by atoms with Gasteiger partial charge in [-0.25, -0.2) is 0 Å². The van der Waals surface area contributed by atoms with Crippen LogP contribution in [0.25, 0.3) is 0 Å². The van der Waals surface area contributed by atoms with E-state index >= 15 is 0 Å². The summed E-state index contributed by atoms with van der Waals surface area (Å²) in [4.78, 5) is 14.3. The molecule has 4 rings (SSSR count). The first-order valence-electron chi connectivity index (χ1n) is 8.93. The van der Waals surface area contributed by atoms with Gasteiger partial charge in [0.2, 0.25) is 5.91 Å². The van der Waals surface area contributed by atoms with Gasteiger partial charge in [0.1, 0.15) is 13.2 Å². The Hall–Kier alpha value is -1.99. The van der Waals surface area contributed by atoms with Gasteiger partial charge in [0.25, 0.3) is 0 Å². The lowest BCUT2D eigenvalue weighted by atomic mass is 10.0. The molecule has 3 aliphatic heterocycles. The number of nitrogens with one attached hydrogen (secondary N) is 1. The smallest absolute Gasteiger partial charge is 0.224 e. The van der Waals surface area contributed by atoms with Crippen LogP contribution in [0.4, 0.5) is 5.69 Å². The van der Waals surface area contributed by atoms with Crippen molar-refractivity contribution in [3.63, 3.8) is 0 Å². The van der Waals surface area contributed by atoms with E-state index < -0.39 is 5.79 Å². The molecule has 0 bridgehead atoms. The van der Waals surface area contributed by atoms with Crippen LogP contribution in [0.1, 0.15) is 19.3 Å². The minimum Gasteiger partial charge on any atom is -0.486 e. The molecular formula is C18H24N2O5. The second-order valence-corrected chi connectivity index (χ2v) is 6.52. The number of piperidine rings is 1. The monoisotopic (exact) mass is 348 g/mol. The molecular weight excluding hydrogens is 324 g/mol. The van der Waals surface area contributed by atoms with E-state index in [1.165, 1.54) is 0 Å². The van der Waals surface area contributed by atoms with Gasteiger partial charge < -0.3 is 29.2 Å². The molecule has 3 aliphatic rings. The number of anilines is 1. The van der Waals surface area contributed by atoms with Gasteiger partial charge in [0.15, 0.2) is 17.3 Å². The van der Waals surface area contributed by atoms with Gasteiger partial charge in [-0.05, 0) is 12.1 Å². The van der Waals surface area contributed by atoms with Gasteiger partial charge in [-0.2, -0.15) is 0 Å². The number of nitrogens with zero attached hydrogens (tertiary/aromatic N) is 1. The average Bonchev–Trinajstić information content (AvgIpc) is 3.10. The zero-order valence-corrected chi connectivity index (χ0v) is 14.3. The number of amides is 1. The summed E-state index contributed by atoms with van der Waals surface area (Å²) in [6, 6.07) is 5.75. The van der Waals surface area contributed by atoms with Crippen LogP contribution in [0.3, 0.4) is 0 Å². The minimum atomic E-state index is -0.430. The largest absolute Gasteiger partial charge is 0.486 e. The van der Waals surface area contributed by atoms with E-state index in [4.69, 9.17) is 18.9 Å².